The minimum atomic E-state index is 0. The minimum absolute atomic E-state index is 0. The summed E-state index contributed by atoms with van der Waals surface area (Å²) in [6.45, 7) is 5.37. The second-order valence-electron chi connectivity index (χ2n) is 4.33. The van der Waals surface area contributed by atoms with Crippen LogP contribution < -0.4 is 10.1 Å². The first kappa shape index (κ1) is 16.5. The normalized spacial score (nSPS) is 11.7. The molecule has 0 radical (unpaired) electrons. The zero-order valence-corrected chi connectivity index (χ0v) is 12.5. The highest BCUT2D eigenvalue weighted by Crippen LogP contribution is 2.12. The molecule has 0 aliphatic carbocycles. The number of hydrogen-bond acceptors (Lipinski definition) is 5. The van der Waals surface area contributed by atoms with Gasteiger partial charge < -0.3 is 14.6 Å². The number of benzene rings is 1. The van der Waals surface area contributed by atoms with Gasteiger partial charge in [0.1, 0.15) is 5.75 Å². The molecule has 2 aromatic rings. The fourth-order valence-electron chi connectivity index (χ4n) is 1.61. The number of aromatic nitrogens is 2. The van der Waals surface area contributed by atoms with Crippen LogP contribution in [0.2, 0.25) is 0 Å². The molecule has 0 amide bonds. The molecule has 0 spiro atoms. The highest BCUT2D eigenvalue weighted by Gasteiger charge is 2.13. The van der Waals surface area contributed by atoms with E-state index in [2.05, 4.69) is 22.4 Å². The highest BCUT2D eigenvalue weighted by atomic mass is 35.5. The molecule has 110 valence electrons. The standard InChI is InChI=1S/C14H19N3O2.ClH/c1-3-9-15-11(2)14-16-13(17-19-14)10-18-12-7-5-4-6-8-12;/h4-8,11,15H,3,9-10H2,1-2H3;1H. The van der Waals surface area contributed by atoms with E-state index in [0.29, 0.717) is 18.3 Å². The van der Waals surface area contributed by atoms with Gasteiger partial charge in [0.15, 0.2) is 6.61 Å². The predicted molar refractivity (Wildman–Crippen MR) is 79.0 cm³/mol. The number of nitrogens with zero attached hydrogens (tertiary/aromatic N) is 2. The number of nitrogens with one attached hydrogen (secondary N) is 1. The summed E-state index contributed by atoms with van der Waals surface area (Å²) in [5, 5.41) is 7.21. The Balaban J connectivity index is 0.00000200. The van der Waals surface area contributed by atoms with Crippen LogP contribution in [0.25, 0.3) is 0 Å². The van der Waals surface area contributed by atoms with Crippen molar-refractivity contribution < 1.29 is 9.26 Å². The monoisotopic (exact) mass is 297 g/mol. The molecule has 0 bridgehead atoms. The van der Waals surface area contributed by atoms with Gasteiger partial charge in [0, 0.05) is 0 Å². The lowest BCUT2D eigenvalue weighted by Gasteiger charge is -2.06. The van der Waals surface area contributed by atoms with Crippen molar-refractivity contribution in [2.45, 2.75) is 32.9 Å². The van der Waals surface area contributed by atoms with E-state index in [4.69, 9.17) is 9.26 Å². The van der Waals surface area contributed by atoms with E-state index in [1.807, 2.05) is 37.3 Å². The van der Waals surface area contributed by atoms with Gasteiger partial charge in [0.2, 0.25) is 11.7 Å². The Hall–Kier alpha value is -1.59. The topological polar surface area (TPSA) is 60.2 Å². The Bertz CT molecular complexity index is 490. The number of halogens is 1. The van der Waals surface area contributed by atoms with Gasteiger partial charge in [-0.1, -0.05) is 30.3 Å². The molecule has 0 saturated carbocycles. The molecule has 1 atom stereocenters. The molecule has 1 aromatic carbocycles. The number of para-hydroxylation sites is 1. The molecule has 20 heavy (non-hydrogen) atoms. The molecule has 0 aliphatic heterocycles. The maximum Gasteiger partial charge on any atom is 0.243 e. The maximum absolute atomic E-state index is 5.56. The molecule has 0 aliphatic rings. The van der Waals surface area contributed by atoms with Gasteiger partial charge in [-0.15, -0.1) is 12.4 Å². The quantitative estimate of drug-likeness (QED) is 0.851. The molecular formula is C14H20ClN3O2. The SMILES string of the molecule is CCCNC(C)c1nc(COc2ccccc2)no1.Cl. The molecule has 1 aromatic heterocycles. The zero-order valence-electron chi connectivity index (χ0n) is 11.7. The minimum Gasteiger partial charge on any atom is -0.485 e. The number of rotatable bonds is 7. The van der Waals surface area contributed by atoms with Crippen LogP contribution in [0, 0.1) is 0 Å². The van der Waals surface area contributed by atoms with Gasteiger partial charge in [-0.3, -0.25) is 0 Å². The Kier molecular flexibility index (Phi) is 7.04. The summed E-state index contributed by atoms with van der Waals surface area (Å²) in [5.74, 6) is 1.95. The third kappa shape index (κ3) is 4.83. The highest BCUT2D eigenvalue weighted by molar-refractivity contribution is 5.85. The van der Waals surface area contributed by atoms with Gasteiger partial charge in [-0.2, -0.15) is 4.98 Å². The van der Waals surface area contributed by atoms with E-state index < -0.39 is 0 Å². The lowest BCUT2D eigenvalue weighted by atomic mass is 10.3. The van der Waals surface area contributed by atoms with Crippen molar-refractivity contribution in [3.63, 3.8) is 0 Å². The molecule has 1 N–H and O–H groups in total. The number of ether oxygens (including phenoxy) is 1. The zero-order chi connectivity index (χ0) is 13.5. The van der Waals surface area contributed by atoms with Gasteiger partial charge in [-0.25, -0.2) is 0 Å². The summed E-state index contributed by atoms with van der Waals surface area (Å²) in [7, 11) is 0. The van der Waals surface area contributed by atoms with Crippen LogP contribution in [0.1, 0.15) is 38.0 Å². The molecule has 5 nitrogen and oxygen atoms in total. The van der Waals surface area contributed by atoms with Crippen LogP contribution >= 0.6 is 12.4 Å². The van der Waals surface area contributed by atoms with Crippen molar-refractivity contribution in [1.29, 1.82) is 0 Å². The van der Waals surface area contributed by atoms with Gasteiger partial charge >= 0.3 is 0 Å². The molecule has 1 unspecified atom stereocenters. The lowest BCUT2D eigenvalue weighted by Crippen LogP contribution is -2.19. The average molecular weight is 298 g/mol. The van der Waals surface area contributed by atoms with Gasteiger partial charge in [0.25, 0.3) is 0 Å². The van der Waals surface area contributed by atoms with Crippen LogP contribution in [0.3, 0.4) is 0 Å². The lowest BCUT2D eigenvalue weighted by molar-refractivity contribution is 0.283. The molecule has 2 rings (SSSR count). The van der Waals surface area contributed by atoms with Crippen LogP contribution in [0.15, 0.2) is 34.9 Å². The Labute approximate surface area is 125 Å². The summed E-state index contributed by atoms with van der Waals surface area (Å²) in [6.07, 6.45) is 1.07. The Morgan fingerprint density at radius 2 is 2.05 bits per heavy atom. The average Bonchev–Trinajstić information content (AvgIpc) is 2.92. The summed E-state index contributed by atoms with van der Waals surface area (Å²) < 4.78 is 10.8. The van der Waals surface area contributed by atoms with E-state index in [1.165, 1.54) is 0 Å². The third-order valence-electron chi connectivity index (χ3n) is 2.67. The molecule has 0 saturated heterocycles. The fourth-order valence-corrected chi connectivity index (χ4v) is 1.61. The summed E-state index contributed by atoms with van der Waals surface area (Å²) in [5.41, 5.74) is 0. The van der Waals surface area contributed by atoms with Crippen LogP contribution in [0.5, 0.6) is 5.75 Å². The van der Waals surface area contributed by atoms with Crippen LogP contribution in [0.4, 0.5) is 0 Å². The van der Waals surface area contributed by atoms with Crippen molar-refractivity contribution in [3.8, 4) is 5.75 Å². The second kappa shape index (κ2) is 8.55. The third-order valence-corrected chi connectivity index (χ3v) is 2.67. The van der Waals surface area contributed by atoms with E-state index in [9.17, 15) is 0 Å². The maximum atomic E-state index is 5.56. The molecule has 6 heteroatoms. The molecular weight excluding hydrogens is 278 g/mol. The first-order valence-electron chi connectivity index (χ1n) is 6.53. The van der Waals surface area contributed by atoms with Crippen molar-refractivity contribution in [2.75, 3.05) is 6.54 Å². The largest absolute Gasteiger partial charge is 0.485 e. The van der Waals surface area contributed by atoms with Crippen molar-refractivity contribution in [2.24, 2.45) is 0 Å². The predicted octanol–water partition coefficient (Wildman–Crippen LogP) is 3.13. The fraction of sp³-hybridized carbons (Fsp3) is 0.429. The second-order valence-corrected chi connectivity index (χ2v) is 4.33. The van der Waals surface area contributed by atoms with E-state index in [-0.39, 0.29) is 18.4 Å². The van der Waals surface area contributed by atoms with Crippen molar-refractivity contribution in [3.05, 3.63) is 42.0 Å². The van der Waals surface area contributed by atoms with Crippen molar-refractivity contribution in [1.82, 2.24) is 15.5 Å². The van der Waals surface area contributed by atoms with Crippen LogP contribution in [-0.4, -0.2) is 16.7 Å². The molecule has 1 heterocycles. The van der Waals surface area contributed by atoms with Crippen LogP contribution in [-0.2, 0) is 6.61 Å². The summed E-state index contributed by atoms with van der Waals surface area (Å²) >= 11 is 0. The van der Waals surface area contributed by atoms with E-state index in [1.54, 1.807) is 0 Å². The Morgan fingerprint density at radius 3 is 2.75 bits per heavy atom. The summed E-state index contributed by atoms with van der Waals surface area (Å²) in [6, 6.07) is 9.65. The molecule has 0 fully saturated rings. The van der Waals surface area contributed by atoms with E-state index >= 15 is 0 Å². The van der Waals surface area contributed by atoms with E-state index in [0.717, 1.165) is 18.7 Å². The Morgan fingerprint density at radius 1 is 1.30 bits per heavy atom. The summed E-state index contributed by atoms with van der Waals surface area (Å²) in [4.78, 5) is 4.31. The first-order valence-corrected chi connectivity index (χ1v) is 6.53. The van der Waals surface area contributed by atoms with Gasteiger partial charge in [-0.05, 0) is 32.0 Å². The first-order chi connectivity index (χ1) is 9.29. The smallest absolute Gasteiger partial charge is 0.243 e. The van der Waals surface area contributed by atoms with Crippen molar-refractivity contribution >= 4 is 12.4 Å². The van der Waals surface area contributed by atoms with Gasteiger partial charge in [0.05, 0.1) is 6.04 Å². The number of hydrogen-bond donors (Lipinski definition) is 1.